The zero-order chi connectivity index (χ0) is 23.4. The predicted octanol–water partition coefficient (Wildman–Crippen LogP) is 2.19. The predicted molar refractivity (Wildman–Crippen MR) is 128 cm³/mol. The Balaban J connectivity index is 1.49. The highest BCUT2D eigenvalue weighted by atomic mass is 16.2. The number of rotatable bonds is 4. The van der Waals surface area contributed by atoms with E-state index in [1.807, 2.05) is 23.3 Å². The first kappa shape index (κ1) is 23.4. The van der Waals surface area contributed by atoms with E-state index in [4.69, 9.17) is 4.98 Å². The highest BCUT2D eigenvalue weighted by Gasteiger charge is 2.22. The smallest absolute Gasteiger partial charge is 0.261 e. The molecule has 178 valence electrons. The summed E-state index contributed by atoms with van der Waals surface area (Å²) in [5.41, 5.74) is 1.18. The lowest BCUT2D eigenvalue weighted by Gasteiger charge is -2.22. The van der Waals surface area contributed by atoms with Gasteiger partial charge in [-0.05, 0) is 51.3 Å². The van der Waals surface area contributed by atoms with E-state index in [-0.39, 0.29) is 23.4 Å². The van der Waals surface area contributed by atoms with Crippen LogP contribution in [-0.2, 0) is 17.8 Å². The van der Waals surface area contributed by atoms with E-state index in [0.717, 1.165) is 57.4 Å². The topological polar surface area (TPSA) is 87.5 Å². The van der Waals surface area contributed by atoms with Gasteiger partial charge in [-0.2, -0.15) is 0 Å². The highest BCUT2D eigenvalue weighted by molar-refractivity contribution is 5.97. The van der Waals surface area contributed by atoms with Crippen molar-refractivity contribution in [1.29, 1.82) is 0 Å². The molecule has 2 amide bonds. The number of fused-ring (bicyclic) bond motifs is 2. The van der Waals surface area contributed by atoms with Crippen molar-refractivity contribution < 1.29 is 9.59 Å². The van der Waals surface area contributed by atoms with Crippen molar-refractivity contribution in [3.63, 3.8) is 0 Å². The molecule has 33 heavy (non-hydrogen) atoms. The zero-order valence-electron chi connectivity index (χ0n) is 19.8. The fourth-order valence-electron chi connectivity index (χ4n) is 4.81. The van der Waals surface area contributed by atoms with E-state index in [1.54, 1.807) is 18.2 Å². The lowest BCUT2D eigenvalue weighted by molar-refractivity contribution is -0.122. The van der Waals surface area contributed by atoms with Crippen molar-refractivity contribution in [3.05, 3.63) is 39.9 Å². The number of benzene rings is 1. The van der Waals surface area contributed by atoms with Crippen LogP contribution >= 0.6 is 0 Å². The first-order chi connectivity index (χ1) is 15.9. The van der Waals surface area contributed by atoms with Crippen molar-refractivity contribution in [2.45, 2.75) is 65.0 Å². The molecule has 8 heteroatoms. The Bertz CT molecular complexity index is 1080. The molecule has 2 aliphatic rings. The van der Waals surface area contributed by atoms with Gasteiger partial charge in [-0.15, -0.1) is 0 Å². The zero-order valence-corrected chi connectivity index (χ0v) is 19.8. The largest absolute Gasteiger partial charge is 0.353 e. The lowest BCUT2D eigenvalue weighted by atomic mass is 10.1. The van der Waals surface area contributed by atoms with Gasteiger partial charge in [0.05, 0.1) is 17.4 Å². The number of carbonyl (C=O) groups excluding carboxylic acids is 2. The standard InChI is InChI=1S/C25H35N5O3/c1-18(2)26-23(31)17-28-11-7-12-29(15-14-28)24(32)19-9-10-20-21(16-19)27-22-8-5-3-4-6-13-30(22)25(20)33/h9-10,16,18H,3-8,11-15,17H2,1-2H3,(H,26,31). The van der Waals surface area contributed by atoms with Gasteiger partial charge < -0.3 is 10.2 Å². The van der Waals surface area contributed by atoms with Gasteiger partial charge in [0.15, 0.2) is 0 Å². The van der Waals surface area contributed by atoms with Crippen molar-refractivity contribution in [3.8, 4) is 0 Å². The quantitative estimate of drug-likeness (QED) is 0.767. The minimum Gasteiger partial charge on any atom is -0.353 e. The Morgan fingerprint density at radius 3 is 2.64 bits per heavy atom. The number of nitrogens with one attached hydrogen (secondary N) is 1. The van der Waals surface area contributed by atoms with Gasteiger partial charge in [-0.3, -0.25) is 23.9 Å². The van der Waals surface area contributed by atoms with E-state index in [2.05, 4.69) is 10.2 Å². The molecular weight excluding hydrogens is 418 g/mol. The second-order valence-electron chi connectivity index (χ2n) is 9.53. The maximum atomic E-state index is 13.3. The monoisotopic (exact) mass is 453 g/mol. The summed E-state index contributed by atoms with van der Waals surface area (Å²) in [7, 11) is 0. The number of aromatic nitrogens is 2. The molecule has 1 aromatic heterocycles. The fraction of sp³-hybridized carbons (Fsp3) is 0.600. The second-order valence-corrected chi connectivity index (χ2v) is 9.53. The Hall–Kier alpha value is -2.74. The number of carbonyl (C=O) groups is 2. The first-order valence-corrected chi connectivity index (χ1v) is 12.3. The molecule has 0 bridgehead atoms. The molecule has 0 saturated carbocycles. The fourth-order valence-corrected chi connectivity index (χ4v) is 4.81. The number of amides is 2. The molecule has 0 aliphatic carbocycles. The molecule has 8 nitrogen and oxygen atoms in total. The van der Waals surface area contributed by atoms with Crippen LogP contribution in [-0.4, -0.2) is 69.9 Å². The van der Waals surface area contributed by atoms with E-state index >= 15 is 0 Å². The van der Waals surface area contributed by atoms with Crippen molar-refractivity contribution in [2.24, 2.45) is 0 Å². The van der Waals surface area contributed by atoms with Crippen LogP contribution in [0.25, 0.3) is 10.9 Å². The molecule has 2 aliphatic heterocycles. The Kier molecular flexibility index (Phi) is 7.42. The Morgan fingerprint density at radius 1 is 1.00 bits per heavy atom. The molecule has 0 radical (unpaired) electrons. The third-order valence-electron chi connectivity index (χ3n) is 6.51. The van der Waals surface area contributed by atoms with Crippen LogP contribution in [0, 0.1) is 0 Å². The van der Waals surface area contributed by atoms with Crippen LogP contribution in [0.2, 0.25) is 0 Å². The summed E-state index contributed by atoms with van der Waals surface area (Å²) in [6, 6.07) is 5.40. The van der Waals surface area contributed by atoms with Gasteiger partial charge in [0.2, 0.25) is 5.91 Å². The molecule has 1 fully saturated rings. The van der Waals surface area contributed by atoms with Crippen LogP contribution < -0.4 is 10.9 Å². The van der Waals surface area contributed by atoms with E-state index in [1.165, 1.54) is 0 Å². The van der Waals surface area contributed by atoms with Gasteiger partial charge in [0.1, 0.15) is 5.82 Å². The minimum atomic E-state index is -0.0426. The van der Waals surface area contributed by atoms with E-state index in [0.29, 0.717) is 42.6 Å². The van der Waals surface area contributed by atoms with E-state index in [9.17, 15) is 14.4 Å². The average molecular weight is 454 g/mol. The van der Waals surface area contributed by atoms with Crippen molar-refractivity contribution >= 4 is 22.7 Å². The average Bonchev–Trinajstić information content (AvgIpc) is 2.99. The summed E-state index contributed by atoms with van der Waals surface area (Å²) in [6.45, 7) is 7.66. The van der Waals surface area contributed by atoms with Gasteiger partial charge in [0, 0.05) is 50.7 Å². The summed E-state index contributed by atoms with van der Waals surface area (Å²) < 4.78 is 1.82. The third-order valence-corrected chi connectivity index (χ3v) is 6.51. The van der Waals surface area contributed by atoms with Crippen molar-refractivity contribution in [2.75, 3.05) is 32.7 Å². The van der Waals surface area contributed by atoms with Gasteiger partial charge in [-0.25, -0.2) is 4.98 Å². The maximum absolute atomic E-state index is 13.3. The normalized spacial score (nSPS) is 17.8. The SMILES string of the molecule is CC(C)NC(=O)CN1CCCN(C(=O)c2ccc3c(=O)n4c(nc3c2)CCCCCC4)CC1. The van der Waals surface area contributed by atoms with Crippen LogP contribution in [0.5, 0.6) is 0 Å². The molecule has 3 heterocycles. The molecule has 1 N–H and O–H groups in total. The van der Waals surface area contributed by atoms with Gasteiger partial charge >= 0.3 is 0 Å². The van der Waals surface area contributed by atoms with Gasteiger partial charge in [0.25, 0.3) is 11.5 Å². The molecule has 1 aromatic carbocycles. The van der Waals surface area contributed by atoms with Crippen LogP contribution in [0.1, 0.15) is 62.1 Å². The van der Waals surface area contributed by atoms with Gasteiger partial charge in [-0.1, -0.05) is 12.8 Å². The molecular formula is C25H35N5O3. The summed E-state index contributed by atoms with van der Waals surface area (Å²) >= 11 is 0. The van der Waals surface area contributed by atoms with Crippen LogP contribution in [0.3, 0.4) is 0 Å². The summed E-state index contributed by atoms with van der Waals surface area (Å²) in [6.07, 6.45) is 5.97. The molecule has 0 atom stereocenters. The summed E-state index contributed by atoms with van der Waals surface area (Å²) in [5, 5.41) is 3.50. The lowest BCUT2D eigenvalue weighted by Crippen LogP contribution is -2.42. The Morgan fingerprint density at radius 2 is 1.82 bits per heavy atom. The first-order valence-electron chi connectivity index (χ1n) is 12.3. The van der Waals surface area contributed by atoms with Crippen molar-refractivity contribution in [1.82, 2.24) is 24.7 Å². The Labute approximate surface area is 195 Å². The number of hydrogen-bond acceptors (Lipinski definition) is 5. The number of nitrogens with zero attached hydrogens (tertiary/aromatic N) is 4. The maximum Gasteiger partial charge on any atom is 0.261 e. The minimum absolute atomic E-state index is 0.000914. The summed E-state index contributed by atoms with van der Waals surface area (Å²) in [5.74, 6) is 0.812. The van der Waals surface area contributed by atoms with Crippen LogP contribution in [0.4, 0.5) is 0 Å². The van der Waals surface area contributed by atoms with E-state index < -0.39 is 0 Å². The molecule has 0 spiro atoms. The molecule has 1 saturated heterocycles. The number of aryl methyl sites for hydroxylation is 1. The molecule has 0 unspecified atom stereocenters. The molecule has 4 rings (SSSR count). The number of hydrogen-bond donors (Lipinski definition) is 1. The second kappa shape index (κ2) is 10.5. The molecule has 2 aromatic rings. The highest BCUT2D eigenvalue weighted by Crippen LogP contribution is 2.18. The summed E-state index contributed by atoms with van der Waals surface area (Å²) in [4.78, 5) is 47.2. The third kappa shape index (κ3) is 5.61. The van der Waals surface area contributed by atoms with Crippen LogP contribution in [0.15, 0.2) is 23.0 Å².